The molecule has 0 unspecified atom stereocenters. The highest BCUT2D eigenvalue weighted by Gasteiger charge is 2.09. The van der Waals surface area contributed by atoms with Crippen molar-refractivity contribution in [3.8, 4) is 5.75 Å². The van der Waals surface area contributed by atoms with Crippen LogP contribution in [0.4, 0.5) is 11.4 Å². The maximum absolute atomic E-state index is 12.5. The van der Waals surface area contributed by atoms with Crippen molar-refractivity contribution in [3.63, 3.8) is 0 Å². The Hall–Kier alpha value is -2.24. The molecule has 3 N–H and O–H groups in total. The van der Waals surface area contributed by atoms with Gasteiger partial charge in [-0.15, -0.1) is 0 Å². The summed E-state index contributed by atoms with van der Waals surface area (Å²) in [6.07, 6.45) is 20.2. The molecule has 0 fully saturated rings. The third kappa shape index (κ3) is 17.2. The maximum Gasteiger partial charge on any atom is 0.305 e. The number of esters is 1. The molecule has 0 aromatic heterocycles. The van der Waals surface area contributed by atoms with Crippen molar-refractivity contribution in [2.45, 2.75) is 129 Å². The van der Waals surface area contributed by atoms with Crippen molar-refractivity contribution < 1.29 is 19.1 Å². The molecule has 0 aliphatic rings. The molecule has 0 heterocycles. The Morgan fingerprint density at radius 3 is 1.92 bits per heavy atom. The van der Waals surface area contributed by atoms with Gasteiger partial charge in [0.25, 0.3) is 0 Å². The van der Waals surface area contributed by atoms with E-state index < -0.39 is 0 Å². The van der Waals surface area contributed by atoms with Crippen LogP contribution in [0.25, 0.3) is 0 Å². The lowest BCUT2D eigenvalue weighted by Crippen LogP contribution is -2.13. The average molecular weight is 505 g/mol. The molecule has 6 heteroatoms. The molecule has 1 amide bonds. The number of nitrogens with two attached hydrogens (primary N) is 1. The van der Waals surface area contributed by atoms with Crippen molar-refractivity contribution in [2.24, 2.45) is 0 Å². The molecule has 1 aromatic carbocycles. The van der Waals surface area contributed by atoms with Gasteiger partial charge in [-0.1, -0.05) is 84.0 Å². The highest BCUT2D eigenvalue weighted by atomic mass is 16.5. The second kappa shape index (κ2) is 22.0. The van der Waals surface area contributed by atoms with Crippen LogP contribution in [0.2, 0.25) is 0 Å². The number of nitrogens with one attached hydrogen (secondary N) is 1. The van der Waals surface area contributed by atoms with E-state index in [0.717, 1.165) is 32.1 Å². The van der Waals surface area contributed by atoms with Crippen molar-refractivity contribution in [1.82, 2.24) is 0 Å². The van der Waals surface area contributed by atoms with Gasteiger partial charge in [0.2, 0.25) is 5.91 Å². The first kappa shape index (κ1) is 31.8. The normalized spacial score (nSPS) is 10.8. The van der Waals surface area contributed by atoms with Crippen molar-refractivity contribution in [3.05, 3.63) is 18.2 Å². The molecule has 1 aromatic rings. The quantitative estimate of drug-likeness (QED) is 0.0890. The Morgan fingerprint density at radius 1 is 0.750 bits per heavy atom. The molecule has 0 aliphatic heterocycles. The van der Waals surface area contributed by atoms with Gasteiger partial charge >= 0.3 is 5.97 Å². The van der Waals surface area contributed by atoms with Gasteiger partial charge in [-0.05, 0) is 50.8 Å². The van der Waals surface area contributed by atoms with Crippen LogP contribution >= 0.6 is 0 Å². The highest BCUT2D eigenvalue weighted by Crippen LogP contribution is 2.27. The maximum atomic E-state index is 12.5. The zero-order chi connectivity index (χ0) is 26.3. The van der Waals surface area contributed by atoms with Crippen LogP contribution in [0.3, 0.4) is 0 Å². The summed E-state index contributed by atoms with van der Waals surface area (Å²) >= 11 is 0. The summed E-state index contributed by atoms with van der Waals surface area (Å²) in [5.41, 5.74) is 7.14. The number of carbonyl (C=O) groups excluding carboxylic acids is 2. The lowest BCUT2D eigenvalue weighted by Gasteiger charge is -2.13. The van der Waals surface area contributed by atoms with Gasteiger partial charge in [0, 0.05) is 18.5 Å². The Labute approximate surface area is 220 Å². The average Bonchev–Trinajstić information content (AvgIpc) is 2.85. The molecule has 6 nitrogen and oxygen atoms in total. The molecule has 0 atom stereocenters. The summed E-state index contributed by atoms with van der Waals surface area (Å²) in [5.74, 6) is 0.488. The molecular weight excluding hydrogens is 452 g/mol. The van der Waals surface area contributed by atoms with Gasteiger partial charge in [0.15, 0.2) is 0 Å². The summed E-state index contributed by atoms with van der Waals surface area (Å²) < 4.78 is 10.8. The number of unbranched alkanes of at least 4 members (excludes halogenated alkanes) is 14. The smallest absolute Gasteiger partial charge is 0.305 e. The van der Waals surface area contributed by atoms with Gasteiger partial charge in [-0.3, -0.25) is 9.59 Å². The predicted octanol–water partition coefficient (Wildman–Crippen LogP) is 8.19. The summed E-state index contributed by atoms with van der Waals surface area (Å²) in [6.45, 7) is 5.02. The van der Waals surface area contributed by atoms with Gasteiger partial charge in [-0.25, -0.2) is 0 Å². The number of anilines is 2. The van der Waals surface area contributed by atoms with E-state index in [9.17, 15) is 9.59 Å². The molecule has 0 saturated carbocycles. The van der Waals surface area contributed by atoms with Crippen molar-refractivity contribution >= 4 is 23.3 Å². The number of hydrogen-bond acceptors (Lipinski definition) is 5. The number of benzene rings is 1. The monoisotopic (exact) mass is 504 g/mol. The van der Waals surface area contributed by atoms with E-state index in [1.165, 1.54) is 70.6 Å². The Balaban J connectivity index is 2.14. The Morgan fingerprint density at radius 2 is 1.31 bits per heavy atom. The lowest BCUT2D eigenvalue weighted by atomic mass is 10.0. The molecule has 0 bridgehead atoms. The van der Waals surface area contributed by atoms with Gasteiger partial charge in [0.1, 0.15) is 5.75 Å². The molecule has 0 saturated heterocycles. The second-order valence-electron chi connectivity index (χ2n) is 9.76. The fourth-order valence-corrected chi connectivity index (χ4v) is 4.25. The number of rotatable bonds is 23. The lowest BCUT2D eigenvalue weighted by molar-refractivity contribution is -0.143. The molecule has 36 heavy (non-hydrogen) atoms. The van der Waals surface area contributed by atoms with Crippen LogP contribution in [0, 0.1) is 0 Å². The largest absolute Gasteiger partial charge is 0.491 e. The molecule has 0 aliphatic carbocycles. The number of nitrogen functional groups attached to an aromatic ring is 1. The molecular formula is C30H52N2O4. The van der Waals surface area contributed by atoms with Crippen LogP contribution in [0.15, 0.2) is 18.2 Å². The van der Waals surface area contributed by atoms with Crippen LogP contribution in [0.1, 0.15) is 129 Å². The number of hydrogen-bond donors (Lipinski definition) is 2. The van der Waals surface area contributed by atoms with Gasteiger partial charge in [0.05, 0.1) is 18.9 Å². The van der Waals surface area contributed by atoms with E-state index in [-0.39, 0.29) is 11.9 Å². The number of carbonyl (C=O) groups is 2. The van der Waals surface area contributed by atoms with Gasteiger partial charge < -0.3 is 20.5 Å². The van der Waals surface area contributed by atoms with E-state index in [0.29, 0.717) is 43.2 Å². The first-order valence-corrected chi connectivity index (χ1v) is 14.5. The summed E-state index contributed by atoms with van der Waals surface area (Å²) in [6, 6.07) is 5.32. The summed E-state index contributed by atoms with van der Waals surface area (Å²) in [7, 11) is 0. The molecule has 1 rings (SSSR count). The minimum atomic E-state index is -0.148. The minimum Gasteiger partial charge on any atom is -0.491 e. The summed E-state index contributed by atoms with van der Waals surface area (Å²) in [4.78, 5) is 23.8. The Bertz CT molecular complexity index is 708. The van der Waals surface area contributed by atoms with Crippen LogP contribution in [0.5, 0.6) is 5.75 Å². The first-order valence-electron chi connectivity index (χ1n) is 14.5. The Kier molecular flexibility index (Phi) is 19.4. The van der Waals surface area contributed by atoms with Crippen LogP contribution < -0.4 is 15.8 Å². The predicted molar refractivity (Wildman–Crippen MR) is 150 cm³/mol. The fourth-order valence-electron chi connectivity index (χ4n) is 4.25. The van der Waals surface area contributed by atoms with E-state index in [2.05, 4.69) is 12.2 Å². The number of amides is 1. The zero-order valence-corrected chi connectivity index (χ0v) is 23.1. The topological polar surface area (TPSA) is 90.7 Å². The van der Waals surface area contributed by atoms with Gasteiger partial charge in [-0.2, -0.15) is 0 Å². The van der Waals surface area contributed by atoms with E-state index in [4.69, 9.17) is 15.2 Å². The highest BCUT2D eigenvalue weighted by molar-refractivity contribution is 5.92. The van der Waals surface area contributed by atoms with Crippen molar-refractivity contribution in [1.29, 1.82) is 0 Å². The third-order valence-corrected chi connectivity index (χ3v) is 6.37. The van der Waals surface area contributed by atoms with E-state index >= 15 is 0 Å². The first-order chi connectivity index (χ1) is 17.6. The number of ether oxygens (including phenoxy) is 2. The third-order valence-electron chi connectivity index (χ3n) is 6.37. The molecule has 206 valence electrons. The standard InChI is InChI=1S/C30H52N2O4/c1-3-5-6-7-8-9-10-11-12-13-14-15-17-20-29(33)32-27-25-26(31)22-23-28(27)36-24-19-16-18-21-30(34)35-4-2/h22-23,25H,3-21,24,31H2,1-2H3,(H,32,33). The molecule has 0 radical (unpaired) electrons. The molecule has 0 spiro atoms. The zero-order valence-electron chi connectivity index (χ0n) is 23.1. The fraction of sp³-hybridized carbons (Fsp3) is 0.733. The van der Waals surface area contributed by atoms with E-state index in [1.54, 1.807) is 18.2 Å². The second-order valence-corrected chi connectivity index (χ2v) is 9.76. The van der Waals surface area contributed by atoms with Crippen LogP contribution in [-0.4, -0.2) is 25.1 Å². The summed E-state index contributed by atoms with van der Waals surface area (Å²) in [5, 5.41) is 2.97. The SMILES string of the molecule is CCCCCCCCCCCCCCCC(=O)Nc1cc(N)ccc1OCCCCCC(=O)OCC. The van der Waals surface area contributed by atoms with Crippen molar-refractivity contribution in [2.75, 3.05) is 24.3 Å². The minimum absolute atomic E-state index is 0.00274. The van der Waals surface area contributed by atoms with E-state index in [1.807, 2.05) is 6.92 Å². The van der Waals surface area contributed by atoms with Crippen LogP contribution in [-0.2, 0) is 14.3 Å².